The van der Waals surface area contributed by atoms with E-state index in [4.69, 9.17) is 9.97 Å². The number of rotatable bonds is 8. The van der Waals surface area contributed by atoms with E-state index in [-0.39, 0.29) is 0 Å². The predicted octanol–water partition coefficient (Wildman–Crippen LogP) is 13.1. The van der Waals surface area contributed by atoms with Crippen LogP contribution in [0.3, 0.4) is 0 Å². The van der Waals surface area contributed by atoms with Gasteiger partial charge in [0.05, 0.1) is 22.1 Å². The molecule has 0 aliphatic rings. The molecule has 9 rings (SSSR count). The van der Waals surface area contributed by atoms with Crippen LogP contribution >= 0.6 is 0 Å². The SMILES string of the molecule is c1ccc(N(c2ccccc2)c2ccc(-c3ccc(-c4ccc(N(c5ccccc5)c5ccccc5)cc4)c4nc5ccccc5nc34)cc2)cc1. The molecule has 0 bridgehead atoms. The molecular formula is C48H34N4. The molecule has 0 radical (unpaired) electrons. The van der Waals surface area contributed by atoms with E-state index < -0.39 is 0 Å². The Morgan fingerprint density at radius 2 is 0.519 bits per heavy atom. The first-order valence-corrected chi connectivity index (χ1v) is 17.5. The fourth-order valence-corrected chi connectivity index (χ4v) is 6.95. The quantitative estimate of drug-likeness (QED) is 0.151. The van der Waals surface area contributed by atoms with Gasteiger partial charge in [-0.25, -0.2) is 9.97 Å². The second kappa shape index (κ2) is 13.7. The summed E-state index contributed by atoms with van der Waals surface area (Å²) >= 11 is 0. The van der Waals surface area contributed by atoms with Crippen LogP contribution in [-0.4, -0.2) is 9.97 Å². The van der Waals surface area contributed by atoms with Crippen molar-refractivity contribution in [1.29, 1.82) is 0 Å². The zero-order valence-electron chi connectivity index (χ0n) is 28.4. The maximum atomic E-state index is 5.24. The summed E-state index contributed by atoms with van der Waals surface area (Å²) < 4.78 is 0. The van der Waals surface area contributed by atoms with Crippen LogP contribution in [0.1, 0.15) is 0 Å². The summed E-state index contributed by atoms with van der Waals surface area (Å²) in [5, 5.41) is 0. The van der Waals surface area contributed by atoms with E-state index in [9.17, 15) is 0 Å². The summed E-state index contributed by atoms with van der Waals surface area (Å²) in [7, 11) is 0. The fourth-order valence-electron chi connectivity index (χ4n) is 6.95. The van der Waals surface area contributed by atoms with Gasteiger partial charge >= 0.3 is 0 Å². The molecule has 0 saturated carbocycles. The Bertz CT molecular complexity index is 2330. The second-order valence-corrected chi connectivity index (χ2v) is 12.7. The molecule has 0 unspecified atom stereocenters. The third-order valence-corrected chi connectivity index (χ3v) is 9.43. The molecule has 0 spiro atoms. The van der Waals surface area contributed by atoms with Crippen LogP contribution in [0.4, 0.5) is 34.1 Å². The summed E-state index contributed by atoms with van der Waals surface area (Å²) in [5.74, 6) is 0. The largest absolute Gasteiger partial charge is 0.311 e. The number of aromatic nitrogens is 2. The van der Waals surface area contributed by atoms with E-state index in [0.29, 0.717) is 0 Å². The molecule has 1 aromatic heterocycles. The van der Waals surface area contributed by atoms with Crippen molar-refractivity contribution in [3.8, 4) is 22.3 Å². The van der Waals surface area contributed by atoms with Gasteiger partial charge in [0, 0.05) is 45.3 Å². The van der Waals surface area contributed by atoms with Gasteiger partial charge in [0.1, 0.15) is 0 Å². The maximum absolute atomic E-state index is 5.24. The first-order valence-electron chi connectivity index (χ1n) is 17.5. The molecule has 0 saturated heterocycles. The minimum absolute atomic E-state index is 0.876. The molecule has 8 aromatic carbocycles. The molecule has 246 valence electrons. The van der Waals surface area contributed by atoms with Crippen molar-refractivity contribution in [1.82, 2.24) is 9.97 Å². The van der Waals surface area contributed by atoms with Crippen molar-refractivity contribution in [3.05, 3.63) is 206 Å². The van der Waals surface area contributed by atoms with Crippen LogP contribution in [0.2, 0.25) is 0 Å². The average molecular weight is 667 g/mol. The van der Waals surface area contributed by atoms with Gasteiger partial charge in [-0.2, -0.15) is 0 Å². The summed E-state index contributed by atoms with van der Waals surface area (Å²) in [6.07, 6.45) is 0. The highest BCUT2D eigenvalue weighted by Gasteiger charge is 2.17. The summed E-state index contributed by atoms with van der Waals surface area (Å²) in [4.78, 5) is 15.0. The zero-order chi connectivity index (χ0) is 34.7. The normalized spacial score (nSPS) is 11.1. The van der Waals surface area contributed by atoms with Crippen molar-refractivity contribution in [2.75, 3.05) is 9.80 Å². The smallest absolute Gasteiger partial charge is 0.0979 e. The molecule has 0 amide bonds. The Morgan fingerprint density at radius 1 is 0.250 bits per heavy atom. The molecule has 0 aliphatic heterocycles. The Kier molecular flexibility index (Phi) is 8.16. The van der Waals surface area contributed by atoms with Crippen molar-refractivity contribution in [2.45, 2.75) is 0 Å². The van der Waals surface area contributed by atoms with Crippen LogP contribution < -0.4 is 9.80 Å². The van der Waals surface area contributed by atoms with Crippen molar-refractivity contribution >= 4 is 56.2 Å². The van der Waals surface area contributed by atoms with E-state index in [1.807, 2.05) is 48.5 Å². The first-order chi connectivity index (χ1) is 25.8. The molecule has 9 aromatic rings. The standard InChI is InChI=1S/C48H34N4/c1-5-15-37(16-6-1)51(38-17-7-2-8-18-38)41-29-25-35(26-30-41)43-33-34-44(48-47(43)49-45-23-13-14-24-46(45)50-48)36-27-31-42(32-28-36)52(39-19-9-3-10-20-39)40-21-11-4-12-22-40/h1-34H. The van der Waals surface area contributed by atoms with Gasteiger partial charge < -0.3 is 9.80 Å². The van der Waals surface area contributed by atoms with Crippen LogP contribution in [0, 0.1) is 0 Å². The van der Waals surface area contributed by atoms with Crippen LogP contribution in [0.5, 0.6) is 0 Å². The predicted molar refractivity (Wildman–Crippen MR) is 217 cm³/mol. The van der Waals surface area contributed by atoms with Crippen LogP contribution in [-0.2, 0) is 0 Å². The number of nitrogens with zero attached hydrogens (tertiary/aromatic N) is 4. The number of benzene rings is 8. The Balaban J connectivity index is 1.13. The molecule has 52 heavy (non-hydrogen) atoms. The molecule has 0 N–H and O–H groups in total. The summed E-state index contributed by atoms with van der Waals surface area (Å²) in [6.45, 7) is 0. The highest BCUT2D eigenvalue weighted by molar-refractivity contribution is 6.03. The first kappa shape index (κ1) is 31.0. The van der Waals surface area contributed by atoms with E-state index in [1.165, 1.54) is 0 Å². The highest BCUT2D eigenvalue weighted by atomic mass is 15.1. The third kappa shape index (κ3) is 5.93. The molecule has 0 fully saturated rings. The lowest BCUT2D eigenvalue weighted by Gasteiger charge is -2.25. The van der Waals surface area contributed by atoms with Crippen molar-refractivity contribution in [2.24, 2.45) is 0 Å². The Labute approximate surface area is 303 Å². The van der Waals surface area contributed by atoms with E-state index in [2.05, 4.69) is 168 Å². The molecule has 0 atom stereocenters. The van der Waals surface area contributed by atoms with Gasteiger partial charge in [-0.3, -0.25) is 0 Å². The monoisotopic (exact) mass is 666 g/mol. The van der Waals surface area contributed by atoms with Gasteiger partial charge in [-0.05, 0) is 96.1 Å². The topological polar surface area (TPSA) is 32.3 Å². The van der Waals surface area contributed by atoms with Crippen molar-refractivity contribution in [3.63, 3.8) is 0 Å². The fraction of sp³-hybridized carbons (Fsp3) is 0. The molecule has 0 aliphatic carbocycles. The number of hydrogen-bond donors (Lipinski definition) is 0. The van der Waals surface area contributed by atoms with Gasteiger partial charge in [-0.1, -0.05) is 121 Å². The number of hydrogen-bond acceptors (Lipinski definition) is 4. The third-order valence-electron chi connectivity index (χ3n) is 9.43. The Morgan fingerprint density at radius 3 is 0.827 bits per heavy atom. The molecule has 4 nitrogen and oxygen atoms in total. The lowest BCUT2D eigenvalue weighted by molar-refractivity contribution is 1.28. The van der Waals surface area contributed by atoms with E-state index in [0.717, 1.165) is 78.4 Å². The van der Waals surface area contributed by atoms with Crippen LogP contribution in [0.15, 0.2) is 206 Å². The minimum atomic E-state index is 0.876. The summed E-state index contributed by atoms with van der Waals surface area (Å²) in [6, 6.07) is 71.9. The second-order valence-electron chi connectivity index (χ2n) is 12.7. The van der Waals surface area contributed by atoms with Gasteiger partial charge in [0.25, 0.3) is 0 Å². The van der Waals surface area contributed by atoms with Gasteiger partial charge in [0.2, 0.25) is 0 Å². The van der Waals surface area contributed by atoms with Crippen LogP contribution in [0.25, 0.3) is 44.3 Å². The Hall–Kier alpha value is -7.04. The molecule has 4 heteroatoms. The van der Waals surface area contributed by atoms with Crippen molar-refractivity contribution < 1.29 is 0 Å². The minimum Gasteiger partial charge on any atom is -0.311 e. The molecular weight excluding hydrogens is 633 g/mol. The lowest BCUT2D eigenvalue weighted by atomic mass is 9.96. The highest BCUT2D eigenvalue weighted by Crippen LogP contribution is 2.40. The number of para-hydroxylation sites is 6. The number of fused-ring (bicyclic) bond motifs is 2. The van der Waals surface area contributed by atoms with E-state index >= 15 is 0 Å². The van der Waals surface area contributed by atoms with E-state index in [1.54, 1.807) is 0 Å². The van der Waals surface area contributed by atoms with Gasteiger partial charge in [0.15, 0.2) is 0 Å². The molecule has 1 heterocycles. The zero-order valence-corrected chi connectivity index (χ0v) is 28.4. The average Bonchev–Trinajstić information content (AvgIpc) is 3.22. The maximum Gasteiger partial charge on any atom is 0.0979 e. The number of anilines is 6. The van der Waals surface area contributed by atoms with Gasteiger partial charge in [-0.15, -0.1) is 0 Å². The lowest BCUT2D eigenvalue weighted by Crippen LogP contribution is -2.09. The summed E-state index contributed by atoms with van der Waals surface area (Å²) in [5.41, 5.74) is 14.4.